The minimum Gasteiger partial charge on any atom is -0.330 e. The fraction of sp³-hybridized carbons (Fsp3) is 0.129. The second-order valence-electron chi connectivity index (χ2n) is 16.0. The van der Waals surface area contributed by atoms with Gasteiger partial charge in [0.25, 0.3) is 0 Å². The Hall–Kier alpha value is -5.75. The third-order valence-corrected chi connectivity index (χ3v) is 15.5. The van der Waals surface area contributed by atoms with E-state index in [1.807, 2.05) is 53.1 Å². The smallest absolute Gasteiger partial charge is 0.0461 e. The van der Waals surface area contributed by atoms with E-state index in [9.17, 15) is 0 Å². The normalized spacial score (nSPS) is 12.1. The Labute approximate surface area is 448 Å². The maximum Gasteiger partial charge on any atom is 0.0461 e. The van der Waals surface area contributed by atoms with Crippen molar-refractivity contribution in [3.63, 3.8) is 0 Å². The van der Waals surface area contributed by atoms with Crippen molar-refractivity contribution < 1.29 is 4.55 Å². The average molecular weight is 1040 g/mol. The van der Waals surface area contributed by atoms with E-state index >= 15 is 0 Å². The van der Waals surface area contributed by atoms with Crippen LogP contribution in [0.4, 0.5) is 28.4 Å². The van der Waals surface area contributed by atoms with Crippen LogP contribution in [0.1, 0.15) is 35.1 Å². The maximum absolute atomic E-state index is 7.49. The predicted molar refractivity (Wildman–Crippen MR) is 327 cm³/mol. The minimum absolute atomic E-state index is 0.750. The van der Waals surface area contributed by atoms with E-state index in [0.717, 1.165) is 30.6 Å². The van der Waals surface area contributed by atoms with Gasteiger partial charge in [-0.2, -0.15) is 11.8 Å². The Bertz CT molecular complexity index is 2890. The number of hydrogen-bond donors (Lipinski definition) is 1. The zero-order valence-electron chi connectivity index (χ0n) is 41.1. The maximum atomic E-state index is 7.49. The lowest BCUT2D eigenvalue weighted by atomic mass is 10.1. The summed E-state index contributed by atoms with van der Waals surface area (Å²) < 4.78 is 7.49. The van der Waals surface area contributed by atoms with Gasteiger partial charge in [0.1, 0.15) is 0 Å². The number of thiophene rings is 3. The molecule has 0 amide bonds. The lowest BCUT2D eigenvalue weighted by Gasteiger charge is -2.27. The Balaban J connectivity index is 0.000000173. The molecule has 5 aromatic carbocycles. The molecule has 1 aliphatic rings. The molecule has 0 aliphatic heterocycles. The van der Waals surface area contributed by atoms with Gasteiger partial charge in [-0.1, -0.05) is 121 Å². The molecule has 0 atom stereocenters. The van der Waals surface area contributed by atoms with E-state index in [1.54, 1.807) is 35.0 Å². The minimum atomic E-state index is 0.750. The van der Waals surface area contributed by atoms with Gasteiger partial charge in [-0.05, 0) is 188 Å². The van der Waals surface area contributed by atoms with Crippen molar-refractivity contribution in [2.75, 3.05) is 34.3 Å². The molecule has 3 heterocycles. The molecule has 1 N–H and O–H groups in total. The number of rotatable bonds is 15. The summed E-state index contributed by atoms with van der Waals surface area (Å²) in [5.41, 5.74) is 10.9. The Morgan fingerprint density at radius 2 is 1.17 bits per heavy atom. The van der Waals surface area contributed by atoms with Gasteiger partial charge in [-0.25, -0.2) is 0 Å². The standard InChI is InChI=1S/C26H23NS.C19H17N.C16H18S4.CH4OS/c1-2-3-14-25-19-20-26(28-25)21-15-17-24(18-16-21)27(22-10-6-4-7-11-22)23-12-8-5-9-13-23;1-16-12-14-19(15-13-16)20(17-8-4-2-5-9-17)18-10-6-3-7-11-18;1-12(10-14(18-3)11-17-2)9-13-6-7-16(20-13)15-5-4-8-19-15;1-3-2/h2-4,6-8,10-20H,1,5,9H2;2-15H,1H3;4-10H,11H2,1-3H3;2H,1H3/b14-3+;;12-9+,14-10-;. The van der Waals surface area contributed by atoms with Crippen molar-refractivity contribution in [2.24, 2.45) is 0 Å². The van der Waals surface area contributed by atoms with Crippen LogP contribution in [-0.2, 0) is 0 Å². The number of benzene rings is 5. The molecule has 1 aliphatic carbocycles. The van der Waals surface area contributed by atoms with Gasteiger partial charge in [0.05, 0.1) is 0 Å². The SMILES string of the molecule is C=C/C=C/c1ccc(-c2ccc(N(C3=CCCC=C3)c3ccccc3)cc2)s1.CSC/C(=C/C(C)=C/c1ccc(-c2cccs2)s1)SC.CSO.Cc1ccc(N(c2ccccc2)c2ccccc2)cc1. The average Bonchev–Trinajstić information content (AvgIpc) is 4.23. The number of thioether (sulfide) groups is 2. The van der Waals surface area contributed by atoms with Crippen molar-refractivity contribution in [1.29, 1.82) is 0 Å². The molecule has 362 valence electrons. The third-order valence-electron chi connectivity index (χ3n) is 10.7. The molecule has 9 heteroatoms. The molecule has 0 spiro atoms. The highest BCUT2D eigenvalue weighted by Gasteiger charge is 2.15. The van der Waals surface area contributed by atoms with E-state index in [0.29, 0.717) is 0 Å². The first-order valence-corrected chi connectivity index (χ1v) is 29.6. The highest BCUT2D eigenvalue weighted by atomic mass is 32.2. The van der Waals surface area contributed by atoms with Gasteiger partial charge in [-0.15, -0.1) is 45.8 Å². The predicted octanol–water partition coefficient (Wildman–Crippen LogP) is 20.8. The van der Waals surface area contributed by atoms with Crippen LogP contribution in [0.15, 0.2) is 241 Å². The largest absolute Gasteiger partial charge is 0.330 e. The van der Waals surface area contributed by atoms with E-state index in [2.05, 4.69) is 248 Å². The number of aryl methyl sites for hydroxylation is 1. The molecule has 0 fully saturated rings. The van der Waals surface area contributed by atoms with E-state index in [-0.39, 0.29) is 0 Å². The topological polar surface area (TPSA) is 26.7 Å². The zero-order chi connectivity index (χ0) is 50.0. The molecule has 0 unspecified atom stereocenters. The van der Waals surface area contributed by atoms with Crippen LogP contribution in [0.2, 0.25) is 0 Å². The summed E-state index contributed by atoms with van der Waals surface area (Å²) in [6.45, 7) is 8.03. The number of para-hydroxylation sites is 3. The summed E-state index contributed by atoms with van der Waals surface area (Å²) in [5.74, 6) is 1.09. The van der Waals surface area contributed by atoms with Crippen molar-refractivity contribution in [2.45, 2.75) is 26.7 Å². The zero-order valence-corrected chi connectivity index (χ0v) is 46.0. The molecule has 0 bridgehead atoms. The fourth-order valence-electron chi connectivity index (χ4n) is 7.42. The van der Waals surface area contributed by atoms with Crippen molar-refractivity contribution in [1.82, 2.24) is 0 Å². The van der Waals surface area contributed by atoms with Crippen molar-refractivity contribution in [3.8, 4) is 20.2 Å². The van der Waals surface area contributed by atoms with Crippen molar-refractivity contribution >= 4 is 110 Å². The molecule has 71 heavy (non-hydrogen) atoms. The first-order valence-electron chi connectivity index (χ1n) is 23.2. The fourth-order valence-corrected chi connectivity index (χ4v) is 11.7. The van der Waals surface area contributed by atoms with Gasteiger partial charge < -0.3 is 14.4 Å². The molecule has 0 radical (unpaired) electrons. The molecule has 0 saturated heterocycles. The number of allylic oxidation sites excluding steroid dienone is 7. The monoisotopic (exact) mass is 1040 g/mol. The third kappa shape index (κ3) is 17.2. The second-order valence-corrected chi connectivity index (χ2v) is 21.3. The van der Waals surface area contributed by atoms with Crippen LogP contribution < -0.4 is 9.80 Å². The van der Waals surface area contributed by atoms with Gasteiger partial charge in [-0.3, -0.25) is 0 Å². The van der Waals surface area contributed by atoms with Gasteiger partial charge in [0, 0.05) is 70.5 Å². The lowest BCUT2D eigenvalue weighted by Crippen LogP contribution is -2.15. The number of hydrogen-bond acceptors (Lipinski definition) is 9. The van der Waals surface area contributed by atoms with E-state index in [4.69, 9.17) is 4.55 Å². The van der Waals surface area contributed by atoms with Crippen LogP contribution in [0.25, 0.3) is 32.3 Å². The highest BCUT2D eigenvalue weighted by Crippen LogP contribution is 2.37. The van der Waals surface area contributed by atoms with Crippen LogP contribution in [0.3, 0.4) is 0 Å². The molecule has 3 aromatic heterocycles. The molecule has 3 nitrogen and oxygen atoms in total. The van der Waals surface area contributed by atoms with Crippen LogP contribution in [0, 0.1) is 6.92 Å². The van der Waals surface area contributed by atoms with Crippen LogP contribution in [0.5, 0.6) is 0 Å². The summed E-state index contributed by atoms with van der Waals surface area (Å²) in [4.78, 5) is 12.6. The van der Waals surface area contributed by atoms with Gasteiger partial charge >= 0.3 is 0 Å². The summed E-state index contributed by atoms with van der Waals surface area (Å²) in [7, 11) is 0. The molecule has 8 aromatic rings. The summed E-state index contributed by atoms with van der Waals surface area (Å²) in [6.07, 6.45) is 25.3. The first-order chi connectivity index (χ1) is 34.8. The molecule has 0 saturated carbocycles. The first kappa shape index (κ1) is 54.6. The molecule has 9 rings (SSSR count). The van der Waals surface area contributed by atoms with Gasteiger partial charge in [0.2, 0.25) is 0 Å². The van der Waals surface area contributed by atoms with E-state index < -0.39 is 0 Å². The number of anilines is 5. The van der Waals surface area contributed by atoms with E-state index in [1.165, 1.54) is 80.1 Å². The highest BCUT2D eigenvalue weighted by molar-refractivity contribution is 8.05. The van der Waals surface area contributed by atoms with Crippen LogP contribution >= 0.6 is 69.6 Å². The second kappa shape index (κ2) is 30.2. The molecular formula is C62H62N2OS6. The summed E-state index contributed by atoms with van der Waals surface area (Å²) in [5, 5.41) is 2.13. The quantitative estimate of drug-likeness (QED) is 0.0812. The molecular weight excluding hydrogens is 981 g/mol. The van der Waals surface area contributed by atoms with Crippen LogP contribution in [-0.4, -0.2) is 29.1 Å². The van der Waals surface area contributed by atoms with Crippen molar-refractivity contribution in [3.05, 3.63) is 256 Å². The number of nitrogens with zero attached hydrogens (tertiary/aromatic N) is 2. The summed E-state index contributed by atoms with van der Waals surface area (Å²) >= 11 is 9.92. The Morgan fingerprint density at radius 3 is 1.72 bits per heavy atom. The Morgan fingerprint density at radius 1 is 0.620 bits per heavy atom. The Kier molecular flexibility index (Phi) is 23.2. The lowest BCUT2D eigenvalue weighted by molar-refractivity contribution is 0.669. The summed E-state index contributed by atoms with van der Waals surface area (Å²) in [6, 6.07) is 62.0. The van der Waals surface area contributed by atoms with Gasteiger partial charge in [0.15, 0.2) is 0 Å².